The van der Waals surface area contributed by atoms with Gasteiger partial charge in [0.15, 0.2) is 6.10 Å². The zero-order valence-electron chi connectivity index (χ0n) is 14.0. The van der Waals surface area contributed by atoms with Gasteiger partial charge in [-0.25, -0.2) is 13.2 Å². The van der Waals surface area contributed by atoms with Crippen molar-refractivity contribution in [1.29, 1.82) is 0 Å². The van der Waals surface area contributed by atoms with Crippen LogP contribution >= 0.6 is 0 Å². The summed E-state index contributed by atoms with van der Waals surface area (Å²) in [7, 11) is -2.88. The molecule has 9 heteroatoms. The molecule has 0 bridgehead atoms. The second-order valence-electron chi connectivity index (χ2n) is 5.55. The van der Waals surface area contributed by atoms with Gasteiger partial charge in [-0.3, -0.25) is 9.52 Å². The van der Waals surface area contributed by atoms with E-state index >= 15 is 0 Å². The molecule has 0 aliphatic carbocycles. The molecule has 0 saturated carbocycles. The lowest BCUT2D eigenvalue weighted by molar-refractivity contribution is -0.122. The summed E-state index contributed by atoms with van der Waals surface area (Å²) < 4.78 is 37.8. The first-order chi connectivity index (χ1) is 12.3. The highest BCUT2D eigenvalue weighted by Gasteiger charge is 2.26. The predicted molar refractivity (Wildman–Crippen MR) is 93.8 cm³/mol. The molecule has 1 aliphatic rings. The normalized spacial score (nSPS) is 16.1. The number of sulfonamides is 1. The summed E-state index contributed by atoms with van der Waals surface area (Å²) in [6, 6.07) is 10.2. The van der Waals surface area contributed by atoms with E-state index in [1.165, 1.54) is 43.5 Å². The second-order valence-corrected chi connectivity index (χ2v) is 7.20. The van der Waals surface area contributed by atoms with Crippen molar-refractivity contribution < 1.29 is 27.5 Å². The maximum absolute atomic E-state index is 12.7. The molecule has 1 aliphatic heterocycles. The number of carbonyl (C=O) groups is 2. The van der Waals surface area contributed by atoms with Crippen LogP contribution in [0.25, 0.3) is 0 Å². The second kappa shape index (κ2) is 6.68. The Kier molecular flexibility index (Phi) is 4.56. The molecule has 0 unspecified atom stereocenters. The zero-order chi connectivity index (χ0) is 18.9. The number of fused-ring (bicyclic) bond motifs is 1. The van der Waals surface area contributed by atoms with Crippen LogP contribution < -0.4 is 14.8 Å². The standard InChI is InChI=1S/C17H16N2O6S/c1-10-16(20)18-13-9-11(7-8-14(13)25-10)19-26(22,23)15-6-4-3-5-12(15)17(21)24-2/h3-10,19H,1-2H3,(H,18,20)/t10-/m1/s1. The molecule has 0 fully saturated rings. The third-order valence-electron chi connectivity index (χ3n) is 3.74. The molecule has 8 nitrogen and oxygen atoms in total. The number of methoxy groups -OCH3 is 1. The van der Waals surface area contributed by atoms with Crippen molar-refractivity contribution in [3.8, 4) is 5.75 Å². The minimum atomic E-state index is -4.05. The maximum Gasteiger partial charge on any atom is 0.339 e. The molecule has 0 saturated heterocycles. The summed E-state index contributed by atoms with van der Waals surface area (Å²) in [6.45, 7) is 1.61. The van der Waals surface area contributed by atoms with E-state index in [4.69, 9.17) is 4.74 Å². The van der Waals surface area contributed by atoms with Crippen LogP contribution in [0.15, 0.2) is 47.4 Å². The van der Waals surface area contributed by atoms with Crippen LogP contribution in [0.5, 0.6) is 5.75 Å². The fraction of sp³-hybridized carbons (Fsp3) is 0.176. The van der Waals surface area contributed by atoms with E-state index in [-0.39, 0.29) is 22.1 Å². The average molecular weight is 376 g/mol. The number of rotatable bonds is 4. The van der Waals surface area contributed by atoms with Crippen molar-refractivity contribution in [3.05, 3.63) is 48.0 Å². The molecule has 0 aromatic heterocycles. The van der Waals surface area contributed by atoms with E-state index in [0.717, 1.165) is 0 Å². The molecule has 0 spiro atoms. The predicted octanol–water partition coefficient (Wildman–Crippen LogP) is 1.99. The SMILES string of the molecule is COC(=O)c1ccccc1S(=O)(=O)Nc1ccc2c(c1)NC(=O)[C@@H](C)O2. The van der Waals surface area contributed by atoms with Crippen LogP contribution in [0.1, 0.15) is 17.3 Å². The van der Waals surface area contributed by atoms with Crippen LogP contribution in [0.4, 0.5) is 11.4 Å². The number of carbonyl (C=O) groups excluding carboxylic acids is 2. The van der Waals surface area contributed by atoms with Gasteiger partial charge in [0.25, 0.3) is 15.9 Å². The Bertz CT molecular complexity index is 986. The summed E-state index contributed by atoms with van der Waals surface area (Å²) in [5.74, 6) is -0.644. The van der Waals surface area contributed by atoms with Gasteiger partial charge >= 0.3 is 5.97 Å². The van der Waals surface area contributed by atoms with Crippen LogP contribution in [-0.2, 0) is 19.6 Å². The first-order valence-electron chi connectivity index (χ1n) is 7.63. The lowest BCUT2D eigenvalue weighted by atomic mass is 10.2. The Hall–Kier alpha value is -3.07. The minimum Gasteiger partial charge on any atom is -0.479 e. The summed E-state index contributed by atoms with van der Waals surface area (Å²) >= 11 is 0. The molecule has 1 atom stereocenters. The van der Waals surface area contributed by atoms with Crippen LogP contribution in [-0.4, -0.2) is 33.5 Å². The molecule has 3 rings (SSSR count). The van der Waals surface area contributed by atoms with Crippen molar-refractivity contribution in [3.63, 3.8) is 0 Å². The van der Waals surface area contributed by atoms with Crippen molar-refractivity contribution in [2.45, 2.75) is 17.9 Å². The molecular weight excluding hydrogens is 360 g/mol. The Morgan fingerprint density at radius 1 is 1.23 bits per heavy atom. The highest BCUT2D eigenvalue weighted by molar-refractivity contribution is 7.92. The molecule has 1 amide bonds. The van der Waals surface area contributed by atoms with Gasteiger partial charge in [0.05, 0.1) is 24.0 Å². The number of hydrogen-bond acceptors (Lipinski definition) is 6. The van der Waals surface area contributed by atoms with Gasteiger partial charge in [-0.05, 0) is 37.3 Å². The van der Waals surface area contributed by atoms with Crippen molar-refractivity contribution >= 4 is 33.3 Å². The van der Waals surface area contributed by atoms with Gasteiger partial charge in [0, 0.05) is 0 Å². The van der Waals surface area contributed by atoms with E-state index < -0.39 is 22.1 Å². The highest BCUT2D eigenvalue weighted by atomic mass is 32.2. The fourth-order valence-corrected chi connectivity index (χ4v) is 3.71. The number of esters is 1. The van der Waals surface area contributed by atoms with Crippen LogP contribution in [0, 0.1) is 0 Å². The van der Waals surface area contributed by atoms with E-state index in [9.17, 15) is 18.0 Å². The number of nitrogens with one attached hydrogen (secondary N) is 2. The monoisotopic (exact) mass is 376 g/mol. The van der Waals surface area contributed by atoms with E-state index in [1.54, 1.807) is 13.0 Å². The van der Waals surface area contributed by atoms with Crippen molar-refractivity contribution in [1.82, 2.24) is 0 Å². The number of amides is 1. The Morgan fingerprint density at radius 2 is 1.96 bits per heavy atom. The summed E-state index contributed by atoms with van der Waals surface area (Å²) in [5.41, 5.74) is 0.488. The lowest BCUT2D eigenvalue weighted by Crippen LogP contribution is -2.34. The molecule has 0 radical (unpaired) electrons. The van der Waals surface area contributed by atoms with Gasteiger partial charge in [0.1, 0.15) is 10.6 Å². The Balaban J connectivity index is 1.93. The third-order valence-corrected chi connectivity index (χ3v) is 5.18. The number of hydrogen-bond donors (Lipinski definition) is 2. The summed E-state index contributed by atoms with van der Waals surface area (Å²) in [6.07, 6.45) is -0.628. The third kappa shape index (κ3) is 3.33. The maximum atomic E-state index is 12.7. The van der Waals surface area contributed by atoms with Gasteiger partial charge in [-0.2, -0.15) is 0 Å². The number of ether oxygens (including phenoxy) is 2. The molecule has 2 aromatic carbocycles. The van der Waals surface area contributed by atoms with Gasteiger partial charge < -0.3 is 14.8 Å². The van der Waals surface area contributed by atoms with Crippen molar-refractivity contribution in [2.75, 3.05) is 17.1 Å². The molecule has 26 heavy (non-hydrogen) atoms. The van der Waals surface area contributed by atoms with Gasteiger partial charge in [0.2, 0.25) is 0 Å². The highest BCUT2D eigenvalue weighted by Crippen LogP contribution is 2.33. The number of anilines is 2. The molecule has 1 heterocycles. The molecular formula is C17H16N2O6S. The number of benzene rings is 2. The van der Waals surface area contributed by atoms with Crippen molar-refractivity contribution in [2.24, 2.45) is 0 Å². The quantitative estimate of drug-likeness (QED) is 0.790. The molecule has 2 N–H and O–H groups in total. The lowest BCUT2D eigenvalue weighted by Gasteiger charge is -2.23. The van der Waals surface area contributed by atoms with Crippen LogP contribution in [0.2, 0.25) is 0 Å². The minimum absolute atomic E-state index is 0.0779. The fourth-order valence-electron chi connectivity index (χ4n) is 2.46. The van der Waals surface area contributed by atoms with E-state index in [1.807, 2.05) is 0 Å². The topological polar surface area (TPSA) is 111 Å². The first-order valence-corrected chi connectivity index (χ1v) is 9.12. The zero-order valence-corrected chi connectivity index (χ0v) is 14.8. The van der Waals surface area contributed by atoms with E-state index in [0.29, 0.717) is 11.4 Å². The van der Waals surface area contributed by atoms with Crippen LogP contribution in [0.3, 0.4) is 0 Å². The first kappa shape index (κ1) is 17.7. The van der Waals surface area contributed by atoms with Gasteiger partial charge in [-0.15, -0.1) is 0 Å². The summed E-state index contributed by atoms with van der Waals surface area (Å²) in [4.78, 5) is 23.3. The average Bonchev–Trinajstić information content (AvgIpc) is 2.62. The molecule has 2 aromatic rings. The van der Waals surface area contributed by atoms with Gasteiger partial charge in [-0.1, -0.05) is 12.1 Å². The largest absolute Gasteiger partial charge is 0.479 e. The smallest absolute Gasteiger partial charge is 0.339 e. The molecule has 136 valence electrons. The Morgan fingerprint density at radius 3 is 2.69 bits per heavy atom. The summed E-state index contributed by atoms with van der Waals surface area (Å²) in [5, 5.41) is 2.64. The van der Waals surface area contributed by atoms with E-state index in [2.05, 4.69) is 14.8 Å². The Labute approximate surface area is 150 Å².